The monoisotopic (exact) mass is 458 g/mol. The summed E-state index contributed by atoms with van der Waals surface area (Å²) in [7, 11) is 0. The van der Waals surface area contributed by atoms with E-state index < -0.39 is 0 Å². The fraction of sp³-hybridized carbons (Fsp3) is 0.500. The van der Waals surface area contributed by atoms with E-state index >= 15 is 0 Å². The minimum Gasteiger partial charge on any atom is -0.489 e. The van der Waals surface area contributed by atoms with Crippen molar-refractivity contribution >= 4 is 17.5 Å². The van der Waals surface area contributed by atoms with E-state index in [1.54, 1.807) is 0 Å². The second kappa shape index (κ2) is 12.1. The Morgan fingerprint density at radius 3 is 2.59 bits per heavy atom. The van der Waals surface area contributed by atoms with Crippen LogP contribution >= 0.6 is 11.6 Å². The lowest BCUT2D eigenvalue weighted by atomic mass is 10.0. The molecule has 0 saturated heterocycles. The Labute approximate surface area is 197 Å². The van der Waals surface area contributed by atoms with Crippen LogP contribution in [0.5, 0.6) is 11.5 Å². The van der Waals surface area contributed by atoms with Gasteiger partial charge in [-0.1, -0.05) is 62.7 Å². The largest absolute Gasteiger partial charge is 0.489 e. The summed E-state index contributed by atoms with van der Waals surface area (Å²) in [5.74, 6) is 1.73. The second-order valence-electron chi connectivity index (χ2n) is 8.79. The molecule has 6 heteroatoms. The molecule has 1 aliphatic rings. The van der Waals surface area contributed by atoms with E-state index in [4.69, 9.17) is 21.1 Å². The Balaban J connectivity index is 1.69. The van der Waals surface area contributed by atoms with E-state index in [-0.39, 0.29) is 11.8 Å². The van der Waals surface area contributed by atoms with E-state index in [0.29, 0.717) is 55.3 Å². The standard InChI is InChI=1S/C26H35ClN2O3/c1-4-22(16-28-15-20-9-6-5-7-10-20)26(30)29(17-19(2)3)18-21-13-23(27)25-24(14-21)31-11-8-12-32-25/h5-7,9-10,13-14,19,22,28H,4,8,11-12,15-18H2,1-3H3/t22-/m1/s1. The molecule has 1 N–H and O–H groups in total. The van der Waals surface area contributed by atoms with Gasteiger partial charge in [0.25, 0.3) is 0 Å². The number of benzene rings is 2. The zero-order valence-electron chi connectivity index (χ0n) is 19.4. The highest BCUT2D eigenvalue weighted by atomic mass is 35.5. The van der Waals surface area contributed by atoms with Crippen LogP contribution in [0.15, 0.2) is 42.5 Å². The van der Waals surface area contributed by atoms with Crippen LogP contribution < -0.4 is 14.8 Å². The number of carbonyl (C=O) groups is 1. The Morgan fingerprint density at radius 2 is 1.88 bits per heavy atom. The maximum absolute atomic E-state index is 13.5. The number of hydrogen-bond donors (Lipinski definition) is 1. The van der Waals surface area contributed by atoms with Crippen molar-refractivity contribution in [2.75, 3.05) is 26.3 Å². The molecule has 1 amide bonds. The Morgan fingerprint density at radius 1 is 1.12 bits per heavy atom. The third-order valence-electron chi connectivity index (χ3n) is 5.54. The maximum Gasteiger partial charge on any atom is 0.227 e. The predicted molar refractivity (Wildman–Crippen MR) is 129 cm³/mol. The van der Waals surface area contributed by atoms with Crippen molar-refractivity contribution in [1.82, 2.24) is 10.2 Å². The normalized spacial score (nSPS) is 14.2. The number of halogens is 1. The van der Waals surface area contributed by atoms with Gasteiger partial charge < -0.3 is 19.7 Å². The van der Waals surface area contributed by atoms with E-state index in [0.717, 1.165) is 24.9 Å². The highest BCUT2D eigenvalue weighted by Crippen LogP contribution is 2.38. The van der Waals surface area contributed by atoms with Crippen LogP contribution in [0.3, 0.4) is 0 Å². The van der Waals surface area contributed by atoms with E-state index in [9.17, 15) is 4.79 Å². The van der Waals surface area contributed by atoms with Crippen LogP contribution in [0.1, 0.15) is 44.7 Å². The van der Waals surface area contributed by atoms with Gasteiger partial charge in [0.15, 0.2) is 11.5 Å². The number of hydrogen-bond acceptors (Lipinski definition) is 4. The Kier molecular flexibility index (Phi) is 9.24. The van der Waals surface area contributed by atoms with Gasteiger partial charge in [-0.3, -0.25) is 4.79 Å². The first-order valence-corrected chi connectivity index (χ1v) is 12.0. The molecule has 3 rings (SSSR count). The van der Waals surface area contributed by atoms with Gasteiger partial charge in [-0.25, -0.2) is 0 Å². The minimum absolute atomic E-state index is 0.0756. The van der Waals surface area contributed by atoms with Crippen LogP contribution in [0.25, 0.3) is 0 Å². The van der Waals surface area contributed by atoms with Crippen LogP contribution in [0, 0.1) is 11.8 Å². The maximum atomic E-state index is 13.5. The van der Waals surface area contributed by atoms with Crippen molar-refractivity contribution in [2.24, 2.45) is 11.8 Å². The summed E-state index contributed by atoms with van der Waals surface area (Å²) in [5.41, 5.74) is 2.18. The summed E-state index contributed by atoms with van der Waals surface area (Å²) in [5, 5.41) is 3.99. The lowest BCUT2D eigenvalue weighted by Gasteiger charge is -2.29. The van der Waals surface area contributed by atoms with Crippen molar-refractivity contribution < 1.29 is 14.3 Å². The minimum atomic E-state index is -0.0756. The van der Waals surface area contributed by atoms with E-state index in [2.05, 4.69) is 38.2 Å². The lowest BCUT2D eigenvalue weighted by molar-refractivity contribution is -0.136. The molecular formula is C26H35ClN2O3. The third-order valence-corrected chi connectivity index (χ3v) is 5.82. The molecule has 0 saturated carbocycles. The lowest BCUT2D eigenvalue weighted by Crippen LogP contribution is -2.41. The quantitative estimate of drug-likeness (QED) is 0.524. The average molecular weight is 459 g/mol. The molecule has 174 valence electrons. The van der Waals surface area contributed by atoms with Gasteiger partial charge in [-0.2, -0.15) is 0 Å². The molecular weight excluding hydrogens is 424 g/mol. The van der Waals surface area contributed by atoms with Crippen LogP contribution in [-0.4, -0.2) is 37.1 Å². The van der Waals surface area contributed by atoms with Gasteiger partial charge in [-0.15, -0.1) is 0 Å². The summed E-state index contributed by atoms with van der Waals surface area (Å²) < 4.78 is 11.6. The number of fused-ring (bicyclic) bond motifs is 1. The van der Waals surface area contributed by atoms with Crippen molar-refractivity contribution in [3.05, 3.63) is 58.6 Å². The molecule has 1 heterocycles. The highest BCUT2D eigenvalue weighted by molar-refractivity contribution is 6.32. The van der Waals surface area contributed by atoms with Gasteiger partial charge in [-0.05, 0) is 35.6 Å². The average Bonchev–Trinajstić information content (AvgIpc) is 3.02. The smallest absolute Gasteiger partial charge is 0.227 e. The molecule has 2 aromatic rings. The number of rotatable bonds is 10. The second-order valence-corrected chi connectivity index (χ2v) is 9.20. The first-order chi connectivity index (χ1) is 15.5. The number of carbonyl (C=O) groups excluding carboxylic acids is 1. The molecule has 0 aliphatic carbocycles. The molecule has 2 aromatic carbocycles. The van der Waals surface area contributed by atoms with Gasteiger partial charge >= 0.3 is 0 Å². The molecule has 0 unspecified atom stereocenters. The molecule has 0 aromatic heterocycles. The van der Waals surface area contributed by atoms with Crippen LogP contribution in [-0.2, 0) is 17.9 Å². The molecule has 1 atom stereocenters. The molecule has 5 nitrogen and oxygen atoms in total. The summed E-state index contributed by atoms with van der Waals surface area (Å²) in [6, 6.07) is 14.1. The predicted octanol–water partition coefficient (Wildman–Crippen LogP) is 5.30. The summed E-state index contributed by atoms with van der Waals surface area (Å²) in [6.45, 7) is 10.1. The topological polar surface area (TPSA) is 50.8 Å². The number of nitrogens with one attached hydrogen (secondary N) is 1. The molecule has 0 fully saturated rings. The zero-order chi connectivity index (χ0) is 22.9. The van der Waals surface area contributed by atoms with Crippen LogP contribution in [0.4, 0.5) is 0 Å². The third kappa shape index (κ3) is 6.88. The number of amides is 1. The van der Waals surface area contributed by atoms with E-state index in [1.807, 2.05) is 35.2 Å². The number of nitrogens with zero attached hydrogens (tertiary/aromatic N) is 1. The number of ether oxygens (including phenoxy) is 2. The van der Waals surface area contributed by atoms with Crippen molar-refractivity contribution in [2.45, 2.75) is 46.7 Å². The molecule has 1 aliphatic heterocycles. The fourth-order valence-corrected chi connectivity index (χ4v) is 4.21. The first-order valence-electron chi connectivity index (χ1n) is 11.6. The fourth-order valence-electron chi connectivity index (χ4n) is 3.92. The summed E-state index contributed by atoms with van der Waals surface area (Å²) in [6.07, 6.45) is 1.61. The van der Waals surface area contributed by atoms with Crippen LogP contribution in [0.2, 0.25) is 5.02 Å². The van der Waals surface area contributed by atoms with Gasteiger partial charge in [0.05, 0.1) is 24.2 Å². The van der Waals surface area contributed by atoms with Gasteiger partial charge in [0.1, 0.15) is 0 Å². The molecule has 0 radical (unpaired) electrons. The van der Waals surface area contributed by atoms with Gasteiger partial charge in [0.2, 0.25) is 5.91 Å². The molecule has 0 bridgehead atoms. The van der Waals surface area contributed by atoms with Crippen molar-refractivity contribution in [1.29, 1.82) is 0 Å². The first kappa shape index (κ1) is 24.4. The SMILES string of the molecule is CC[C@H](CNCc1ccccc1)C(=O)N(Cc1cc(Cl)c2c(c1)OCCCO2)CC(C)C. The molecule has 0 spiro atoms. The summed E-state index contributed by atoms with van der Waals surface area (Å²) in [4.78, 5) is 15.4. The summed E-state index contributed by atoms with van der Waals surface area (Å²) >= 11 is 6.49. The van der Waals surface area contributed by atoms with E-state index in [1.165, 1.54) is 5.56 Å². The van der Waals surface area contributed by atoms with Crippen molar-refractivity contribution in [3.8, 4) is 11.5 Å². The Bertz CT molecular complexity index is 873. The molecule has 32 heavy (non-hydrogen) atoms. The highest BCUT2D eigenvalue weighted by Gasteiger charge is 2.25. The van der Waals surface area contributed by atoms with Crippen molar-refractivity contribution in [3.63, 3.8) is 0 Å². The zero-order valence-corrected chi connectivity index (χ0v) is 20.2. The van der Waals surface area contributed by atoms with Gasteiger partial charge in [0, 0.05) is 32.6 Å². The Hall–Kier alpha value is -2.24.